The molecule has 1 aromatic heterocycles. The van der Waals surface area contributed by atoms with Crippen LogP contribution in [0.3, 0.4) is 0 Å². The van der Waals surface area contributed by atoms with Crippen molar-refractivity contribution in [3.05, 3.63) is 57.2 Å². The van der Waals surface area contributed by atoms with E-state index in [2.05, 4.69) is 4.98 Å². The summed E-state index contributed by atoms with van der Waals surface area (Å²) in [6.45, 7) is 0. The Bertz CT molecular complexity index is 693. The molecular formula is C12H7ClN2O4S. The van der Waals surface area contributed by atoms with E-state index in [-0.39, 0.29) is 21.2 Å². The van der Waals surface area contributed by atoms with Crippen molar-refractivity contribution in [2.75, 3.05) is 0 Å². The van der Waals surface area contributed by atoms with Gasteiger partial charge in [-0.2, -0.15) is 0 Å². The summed E-state index contributed by atoms with van der Waals surface area (Å²) in [5.74, 6) is -1.09. The molecule has 0 saturated heterocycles. The van der Waals surface area contributed by atoms with E-state index in [9.17, 15) is 14.9 Å². The topological polar surface area (TPSA) is 93.3 Å². The Kier molecular flexibility index (Phi) is 4.21. The van der Waals surface area contributed by atoms with E-state index in [1.54, 1.807) is 0 Å². The van der Waals surface area contributed by atoms with Crippen LogP contribution in [-0.2, 0) is 0 Å². The lowest BCUT2D eigenvalue weighted by Gasteiger charge is -2.05. The monoisotopic (exact) mass is 310 g/mol. The predicted molar refractivity (Wildman–Crippen MR) is 73.4 cm³/mol. The molecule has 20 heavy (non-hydrogen) atoms. The highest BCUT2D eigenvalue weighted by Crippen LogP contribution is 2.39. The van der Waals surface area contributed by atoms with Gasteiger partial charge in [-0.25, -0.2) is 9.78 Å². The fourth-order valence-electron chi connectivity index (χ4n) is 1.45. The first-order valence-electron chi connectivity index (χ1n) is 5.29. The standard InChI is InChI=1S/C12H7ClN2O4S/c13-8-2-1-3-9(15(18)19)11(8)20-10-6-7(12(16)17)4-5-14-10/h1-6H,(H,16,17). The zero-order chi connectivity index (χ0) is 14.7. The van der Waals surface area contributed by atoms with E-state index < -0.39 is 10.9 Å². The second-order valence-electron chi connectivity index (χ2n) is 3.64. The van der Waals surface area contributed by atoms with Crippen LogP contribution in [0.25, 0.3) is 0 Å². The number of nitrogens with zero attached hydrogens (tertiary/aromatic N) is 2. The number of aromatic carboxylic acids is 1. The van der Waals surface area contributed by atoms with Crippen molar-refractivity contribution in [1.29, 1.82) is 0 Å². The number of nitro benzene ring substituents is 1. The minimum atomic E-state index is -1.09. The molecule has 0 aliphatic heterocycles. The number of carboxylic acids is 1. The molecule has 0 aliphatic rings. The molecule has 1 heterocycles. The third kappa shape index (κ3) is 3.06. The van der Waals surface area contributed by atoms with E-state index in [0.717, 1.165) is 11.8 Å². The highest BCUT2D eigenvalue weighted by molar-refractivity contribution is 7.99. The first-order valence-corrected chi connectivity index (χ1v) is 6.48. The number of aromatic nitrogens is 1. The Morgan fingerprint density at radius 2 is 2.15 bits per heavy atom. The molecule has 2 rings (SSSR count). The van der Waals surface area contributed by atoms with Gasteiger partial charge in [-0.15, -0.1) is 0 Å². The highest BCUT2D eigenvalue weighted by Gasteiger charge is 2.18. The summed E-state index contributed by atoms with van der Waals surface area (Å²) in [6, 6.07) is 7.01. The second kappa shape index (κ2) is 5.89. The lowest BCUT2D eigenvalue weighted by atomic mass is 10.3. The number of nitro groups is 1. The lowest BCUT2D eigenvalue weighted by Crippen LogP contribution is -1.97. The van der Waals surface area contributed by atoms with Crippen molar-refractivity contribution in [3.63, 3.8) is 0 Å². The van der Waals surface area contributed by atoms with Gasteiger partial charge in [-0.1, -0.05) is 29.4 Å². The number of rotatable bonds is 4. The van der Waals surface area contributed by atoms with Gasteiger partial charge >= 0.3 is 5.97 Å². The molecule has 0 aliphatic carbocycles. The van der Waals surface area contributed by atoms with Gasteiger partial charge in [0.05, 0.1) is 15.5 Å². The van der Waals surface area contributed by atoms with Gasteiger partial charge in [0.1, 0.15) is 9.92 Å². The minimum Gasteiger partial charge on any atom is -0.478 e. The number of carbonyl (C=O) groups is 1. The fourth-order valence-corrected chi connectivity index (χ4v) is 2.65. The summed E-state index contributed by atoms with van der Waals surface area (Å²) in [5.41, 5.74) is -0.0952. The van der Waals surface area contributed by atoms with Crippen molar-refractivity contribution < 1.29 is 14.8 Å². The number of halogens is 1. The zero-order valence-corrected chi connectivity index (χ0v) is 11.4. The van der Waals surface area contributed by atoms with Crippen LogP contribution in [-0.4, -0.2) is 21.0 Å². The molecule has 1 N–H and O–H groups in total. The van der Waals surface area contributed by atoms with E-state index in [1.165, 1.54) is 36.5 Å². The molecule has 0 radical (unpaired) electrons. The second-order valence-corrected chi connectivity index (χ2v) is 5.07. The van der Waals surface area contributed by atoms with Gasteiger partial charge in [0.15, 0.2) is 0 Å². The van der Waals surface area contributed by atoms with E-state index >= 15 is 0 Å². The van der Waals surface area contributed by atoms with Crippen LogP contribution in [0.2, 0.25) is 5.02 Å². The van der Waals surface area contributed by atoms with Crippen LogP contribution < -0.4 is 0 Å². The van der Waals surface area contributed by atoms with Crippen molar-refractivity contribution in [2.24, 2.45) is 0 Å². The molecule has 0 bridgehead atoms. The number of benzene rings is 1. The van der Waals surface area contributed by atoms with Crippen LogP contribution in [0, 0.1) is 10.1 Å². The summed E-state index contributed by atoms with van der Waals surface area (Å²) >= 11 is 6.91. The van der Waals surface area contributed by atoms with E-state index in [1.807, 2.05) is 0 Å². The maximum absolute atomic E-state index is 11.0. The molecule has 0 spiro atoms. The van der Waals surface area contributed by atoms with Gasteiger partial charge < -0.3 is 5.11 Å². The molecule has 0 unspecified atom stereocenters. The van der Waals surface area contributed by atoms with E-state index in [0.29, 0.717) is 5.03 Å². The van der Waals surface area contributed by atoms with E-state index in [4.69, 9.17) is 16.7 Å². The van der Waals surface area contributed by atoms with Gasteiger partial charge in [0.25, 0.3) is 5.69 Å². The quantitative estimate of drug-likeness (QED) is 0.686. The Labute approximate surface area is 122 Å². The lowest BCUT2D eigenvalue weighted by molar-refractivity contribution is -0.387. The van der Waals surface area contributed by atoms with Gasteiger partial charge in [-0.05, 0) is 18.2 Å². The third-order valence-electron chi connectivity index (χ3n) is 2.33. The van der Waals surface area contributed by atoms with Crippen LogP contribution in [0.5, 0.6) is 0 Å². The number of hydrogen-bond donors (Lipinski definition) is 1. The van der Waals surface area contributed by atoms with Crippen molar-refractivity contribution in [2.45, 2.75) is 9.92 Å². The molecular weight excluding hydrogens is 304 g/mol. The number of hydrogen-bond acceptors (Lipinski definition) is 5. The molecule has 2 aromatic rings. The Morgan fingerprint density at radius 3 is 2.80 bits per heavy atom. The number of carboxylic acid groups (broad SMARTS) is 1. The molecule has 6 nitrogen and oxygen atoms in total. The number of pyridine rings is 1. The summed E-state index contributed by atoms with van der Waals surface area (Å²) in [4.78, 5) is 25.5. The van der Waals surface area contributed by atoms with Crippen LogP contribution >= 0.6 is 23.4 Å². The highest BCUT2D eigenvalue weighted by atomic mass is 35.5. The smallest absolute Gasteiger partial charge is 0.335 e. The zero-order valence-electron chi connectivity index (χ0n) is 9.82. The van der Waals surface area contributed by atoms with Crippen molar-refractivity contribution in [3.8, 4) is 0 Å². The third-order valence-corrected chi connectivity index (χ3v) is 3.82. The average Bonchev–Trinajstić information content (AvgIpc) is 2.41. The first kappa shape index (κ1) is 14.3. The molecule has 0 amide bonds. The van der Waals surface area contributed by atoms with Gasteiger partial charge in [0, 0.05) is 12.3 Å². The molecule has 0 saturated carbocycles. The maximum Gasteiger partial charge on any atom is 0.335 e. The van der Waals surface area contributed by atoms with Crippen LogP contribution in [0.15, 0.2) is 46.5 Å². The molecule has 1 aromatic carbocycles. The summed E-state index contributed by atoms with van der Waals surface area (Å²) in [5, 5.41) is 20.4. The Morgan fingerprint density at radius 1 is 1.40 bits per heavy atom. The largest absolute Gasteiger partial charge is 0.478 e. The van der Waals surface area contributed by atoms with Crippen LogP contribution in [0.1, 0.15) is 10.4 Å². The molecule has 0 fully saturated rings. The maximum atomic E-state index is 11.0. The van der Waals surface area contributed by atoms with Crippen molar-refractivity contribution >= 4 is 35.0 Å². The van der Waals surface area contributed by atoms with Gasteiger partial charge in [-0.3, -0.25) is 10.1 Å². The molecule has 102 valence electrons. The SMILES string of the molecule is O=C(O)c1ccnc(Sc2c(Cl)cccc2[N+](=O)[O-])c1. The normalized spacial score (nSPS) is 10.2. The molecule has 8 heteroatoms. The molecule has 0 atom stereocenters. The fraction of sp³-hybridized carbons (Fsp3) is 0. The van der Waals surface area contributed by atoms with Gasteiger partial charge in [0.2, 0.25) is 0 Å². The average molecular weight is 311 g/mol. The predicted octanol–water partition coefficient (Wildman–Crippen LogP) is 3.49. The first-order chi connectivity index (χ1) is 9.49. The Balaban J connectivity index is 2.42. The Hall–Kier alpha value is -2.12. The van der Waals surface area contributed by atoms with Crippen LogP contribution in [0.4, 0.5) is 5.69 Å². The summed E-state index contributed by atoms with van der Waals surface area (Å²) < 4.78 is 0. The summed E-state index contributed by atoms with van der Waals surface area (Å²) in [7, 11) is 0. The minimum absolute atomic E-state index is 0.0530. The summed E-state index contributed by atoms with van der Waals surface area (Å²) in [6.07, 6.45) is 1.33. The van der Waals surface area contributed by atoms with Crippen molar-refractivity contribution in [1.82, 2.24) is 4.98 Å².